The van der Waals surface area contributed by atoms with E-state index in [2.05, 4.69) is 15.4 Å². The fourth-order valence-electron chi connectivity index (χ4n) is 1.33. The first-order valence-electron chi connectivity index (χ1n) is 5.12. The number of rotatable bonds is 4. The van der Waals surface area contributed by atoms with E-state index in [0.29, 0.717) is 5.82 Å². The molecule has 18 heavy (non-hydrogen) atoms. The summed E-state index contributed by atoms with van der Waals surface area (Å²) in [4.78, 5) is 26.2. The lowest BCUT2D eigenvalue weighted by atomic mass is 10.4. The molecule has 2 heterocycles. The second kappa shape index (κ2) is 5.09. The normalized spacial score (nSPS) is 10.0. The van der Waals surface area contributed by atoms with E-state index < -0.39 is 5.97 Å². The minimum absolute atomic E-state index is 0.0423. The first-order chi connectivity index (χ1) is 8.65. The van der Waals surface area contributed by atoms with Gasteiger partial charge in [0.25, 0.3) is 0 Å². The number of carboxylic acids is 1. The molecule has 2 aromatic rings. The fraction of sp³-hybridized carbons (Fsp3) is 0.0909. The first-order valence-corrected chi connectivity index (χ1v) is 5.12. The van der Waals surface area contributed by atoms with Crippen molar-refractivity contribution in [3.05, 3.63) is 42.4 Å². The number of amides is 1. The van der Waals surface area contributed by atoms with Gasteiger partial charge in [-0.05, 0) is 12.1 Å². The SMILES string of the molecule is O=C(Cn1cc(C(=O)O)cn1)Nc1ccccn1. The Morgan fingerprint density at radius 2 is 2.22 bits per heavy atom. The Morgan fingerprint density at radius 1 is 1.39 bits per heavy atom. The molecule has 2 rings (SSSR count). The zero-order valence-corrected chi connectivity index (χ0v) is 9.28. The van der Waals surface area contributed by atoms with Gasteiger partial charge in [0.1, 0.15) is 12.4 Å². The number of carbonyl (C=O) groups is 2. The van der Waals surface area contributed by atoms with Crippen molar-refractivity contribution in [2.24, 2.45) is 0 Å². The molecule has 0 aromatic carbocycles. The predicted molar refractivity (Wildman–Crippen MR) is 62.1 cm³/mol. The van der Waals surface area contributed by atoms with E-state index in [-0.39, 0.29) is 18.0 Å². The van der Waals surface area contributed by atoms with E-state index in [0.717, 1.165) is 0 Å². The van der Waals surface area contributed by atoms with Crippen LogP contribution in [0.4, 0.5) is 5.82 Å². The molecule has 0 fully saturated rings. The Bertz CT molecular complexity index is 565. The molecule has 0 radical (unpaired) electrons. The van der Waals surface area contributed by atoms with Crippen LogP contribution in [-0.2, 0) is 11.3 Å². The summed E-state index contributed by atoms with van der Waals surface area (Å²) in [7, 11) is 0. The number of nitrogens with one attached hydrogen (secondary N) is 1. The quantitative estimate of drug-likeness (QED) is 0.824. The van der Waals surface area contributed by atoms with Crippen LogP contribution in [0.2, 0.25) is 0 Å². The zero-order chi connectivity index (χ0) is 13.0. The molecule has 0 aliphatic rings. The molecule has 0 bridgehead atoms. The van der Waals surface area contributed by atoms with E-state index in [4.69, 9.17) is 5.11 Å². The minimum atomic E-state index is -1.08. The zero-order valence-electron chi connectivity index (χ0n) is 9.28. The van der Waals surface area contributed by atoms with Crippen molar-refractivity contribution < 1.29 is 14.7 Å². The number of aromatic carboxylic acids is 1. The van der Waals surface area contributed by atoms with Gasteiger partial charge >= 0.3 is 5.97 Å². The largest absolute Gasteiger partial charge is 0.478 e. The van der Waals surface area contributed by atoms with Gasteiger partial charge in [-0.1, -0.05) is 6.07 Å². The number of hydrogen-bond acceptors (Lipinski definition) is 4. The van der Waals surface area contributed by atoms with Gasteiger partial charge in [-0.15, -0.1) is 0 Å². The highest BCUT2D eigenvalue weighted by molar-refractivity contribution is 5.90. The molecule has 2 aromatic heterocycles. The molecule has 0 spiro atoms. The fourth-order valence-corrected chi connectivity index (χ4v) is 1.33. The predicted octanol–water partition coefficient (Wildman–Crippen LogP) is 0.615. The maximum atomic E-state index is 11.6. The topological polar surface area (TPSA) is 97.1 Å². The van der Waals surface area contributed by atoms with Crippen molar-refractivity contribution >= 4 is 17.7 Å². The molecule has 0 saturated heterocycles. The average Bonchev–Trinajstić information content (AvgIpc) is 2.78. The molecule has 1 amide bonds. The van der Waals surface area contributed by atoms with Crippen LogP contribution in [0.5, 0.6) is 0 Å². The first kappa shape index (κ1) is 11.8. The third-order valence-electron chi connectivity index (χ3n) is 2.12. The third-order valence-corrected chi connectivity index (χ3v) is 2.12. The number of aromatic nitrogens is 3. The van der Waals surface area contributed by atoms with Gasteiger partial charge in [-0.2, -0.15) is 5.10 Å². The van der Waals surface area contributed by atoms with Crippen molar-refractivity contribution in [3.8, 4) is 0 Å². The van der Waals surface area contributed by atoms with Gasteiger partial charge < -0.3 is 10.4 Å². The Morgan fingerprint density at radius 3 is 2.83 bits per heavy atom. The van der Waals surface area contributed by atoms with Gasteiger partial charge in [-0.25, -0.2) is 9.78 Å². The number of nitrogens with zero attached hydrogens (tertiary/aromatic N) is 3. The minimum Gasteiger partial charge on any atom is -0.478 e. The number of carboxylic acid groups (broad SMARTS) is 1. The van der Waals surface area contributed by atoms with Gasteiger partial charge in [0.15, 0.2) is 0 Å². The van der Waals surface area contributed by atoms with Gasteiger partial charge in [0, 0.05) is 12.4 Å². The molecule has 0 unspecified atom stereocenters. The molecule has 2 N–H and O–H groups in total. The van der Waals surface area contributed by atoms with Gasteiger partial charge in [-0.3, -0.25) is 9.48 Å². The highest BCUT2D eigenvalue weighted by Crippen LogP contribution is 2.01. The molecule has 0 saturated carbocycles. The second-order valence-electron chi connectivity index (χ2n) is 3.49. The van der Waals surface area contributed by atoms with Gasteiger partial charge in [0.2, 0.25) is 5.91 Å². The number of hydrogen-bond donors (Lipinski definition) is 2. The Labute approximate surface area is 102 Å². The number of pyridine rings is 1. The lowest BCUT2D eigenvalue weighted by molar-refractivity contribution is -0.116. The van der Waals surface area contributed by atoms with Crippen molar-refractivity contribution in [2.75, 3.05) is 5.32 Å². The molecule has 92 valence electrons. The van der Waals surface area contributed by atoms with Crippen molar-refractivity contribution in [2.45, 2.75) is 6.54 Å². The summed E-state index contributed by atoms with van der Waals surface area (Å²) in [5, 5.41) is 15.0. The lowest BCUT2D eigenvalue weighted by Crippen LogP contribution is -2.19. The monoisotopic (exact) mass is 246 g/mol. The smallest absolute Gasteiger partial charge is 0.338 e. The van der Waals surface area contributed by atoms with Crippen LogP contribution in [0, 0.1) is 0 Å². The summed E-state index contributed by atoms with van der Waals surface area (Å²) in [6, 6.07) is 5.14. The molecule has 7 nitrogen and oxygen atoms in total. The van der Waals surface area contributed by atoms with Crippen LogP contribution in [0.25, 0.3) is 0 Å². The van der Waals surface area contributed by atoms with Crippen LogP contribution in [0.15, 0.2) is 36.8 Å². The summed E-state index contributed by atoms with van der Waals surface area (Å²) in [5.74, 6) is -0.965. The Hall–Kier alpha value is -2.70. The summed E-state index contributed by atoms with van der Waals surface area (Å²) >= 11 is 0. The van der Waals surface area contributed by atoms with Crippen molar-refractivity contribution in [3.63, 3.8) is 0 Å². The highest BCUT2D eigenvalue weighted by atomic mass is 16.4. The maximum Gasteiger partial charge on any atom is 0.338 e. The maximum absolute atomic E-state index is 11.6. The average molecular weight is 246 g/mol. The van der Waals surface area contributed by atoms with E-state index in [1.54, 1.807) is 24.4 Å². The van der Waals surface area contributed by atoms with E-state index >= 15 is 0 Å². The summed E-state index contributed by atoms with van der Waals surface area (Å²) in [6.45, 7) is -0.0656. The summed E-state index contributed by atoms with van der Waals surface area (Å²) in [6.07, 6.45) is 4.04. The van der Waals surface area contributed by atoms with Crippen LogP contribution in [-0.4, -0.2) is 31.7 Å². The molecular formula is C11H10N4O3. The van der Waals surface area contributed by atoms with Gasteiger partial charge in [0.05, 0.1) is 11.8 Å². The van der Waals surface area contributed by atoms with E-state index in [9.17, 15) is 9.59 Å². The van der Waals surface area contributed by atoms with Crippen LogP contribution >= 0.6 is 0 Å². The lowest BCUT2D eigenvalue weighted by Gasteiger charge is -2.03. The van der Waals surface area contributed by atoms with E-state index in [1.807, 2.05) is 0 Å². The number of anilines is 1. The Kier molecular flexibility index (Phi) is 3.33. The number of carbonyl (C=O) groups excluding carboxylic acids is 1. The second-order valence-corrected chi connectivity index (χ2v) is 3.49. The van der Waals surface area contributed by atoms with Crippen molar-refractivity contribution in [1.82, 2.24) is 14.8 Å². The van der Waals surface area contributed by atoms with Crippen molar-refractivity contribution in [1.29, 1.82) is 0 Å². The highest BCUT2D eigenvalue weighted by Gasteiger charge is 2.09. The molecule has 0 aliphatic heterocycles. The summed E-state index contributed by atoms with van der Waals surface area (Å²) in [5.41, 5.74) is 0.0423. The summed E-state index contributed by atoms with van der Waals surface area (Å²) < 4.78 is 1.25. The van der Waals surface area contributed by atoms with Crippen LogP contribution in [0.3, 0.4) is 0 Å². The molecule has 0 aliphatic carbocycles. The Balaban J connectivity index is 1.97. The standard InChI is InChI=1S/C11H10N4O3/c16-10(14-9-3-1-2-4-12-9)7-15-6-8(5-13-15)11(17)18/h1-6H,7H2,(H,17,18)(H,12,14,16). The van der Waals surface area contributed by atoms with Crippen LogP contribution < -0.4 is 5.32 Å². The molecule has 0 atom stereocenters. The van der Waals surface area contributed by atoms with E-state index in [1.165, 1.54) is 17.1 Å². The molecule has 7 heteroatoms. The third kappa shape index (κ3) is 2.91. The molecular weight excluding hydrogens is 236 g/mol. The van der Waals surface area contributed by atoms with Crippen LogP contribution in [0.1, 0.15) is 10.4 Å².